The summed E-state index contributed by atoms with van der Waals surface area (Å²) in [4.78, 5) is 23.0. The molecule has 0 aliphatic carbocycles. The van der Waals surface area contributed by atoms with Gasteiger partial charge in [0, 0.05) is 5.56 Å². The van der Waals surface area contributed by atoms with Gasteiger partial charge in [-0.25, -0.2) is 18.0 Å². The lowest BCUT2D eigenvalue weighted by Gasteiger charge is -2.22. The number of ether oxygens (including phenoxy) is 2. The molecule has 1 aromatic carbocycles. The summed E-state index contributed by atoms with van der Waals surface area (Å²) in [5, 5.41) is 11.1. The van der Waals surface area contributed by atoms with Gasteiger partial charge < -0.3 is 19.9 Å². The number of para-hydroxylation sites is 1. The Morgan fingerprint density at radius 2 is 1.81 bits per heavy atom. The molecule has 1 atom stereocenters. The van der Waals surface area contributed by atoms with E-state index in [1.807, 2.05) is 5.32 Å². The molecule has 0 spiro atoms. The van der Waals surface area contributed by atoms with Crippen molar-refractivity contribution in [3.8, 4) is 5.75 Å². The molecule has 11 heteroatoms. The Hall–Kier alpha value is -2.43. The van der Waals surface area contributed by atoms with E-state index >= 15 is 0 Å². The highest BCUT2D eigenvalue weighted by Gasteiger charge is 2.29. The molecule has 0 aromatic heterocycles. The number of benzene rings is 1. The van der Waals surface area contributed by atoms with Crippen molar-refractivity contribution in [3.63, 3.8) is 0 Å². The molecule has 0 saturated heterocycles. The summed E-state index contributed by atoms with van der Waals surface area (Å²) < 4.78 is 58.6. The fourth-order valence-electron chi connectivity index (χ4n) is 2.01. The summed E-state index contributed by atoms with van der Waals surface area (Å²) in [5.74, 6) is -3.61. The van der Waals surface area contributed by atoms with Crippen molar-refractivity contribution < 1.29 is 41.4 Å². The number of alkyl halides is 2. The second-order valence-electron chi connectivity index (χ2n) is 6.58. The topological polar surface area (TPSA) is 119 Å². The number of carbonyl (C=O) groups excluding carboxylic acids is 1. The van der Waals surface area contributed by atoms with Gasteiger partial charge in [-0.1, -0.05) is 18.2 Å². The maximum atomic E-state index is 12.4. The molecule has 0 aliphatic heterocycles. The first kappa shape index (κ1) is 22.6. The number of carboxylic acids is 1. The van der Waals surface area contributed by atoms with Crippen LogP contribution < -0.4 is 10.1 Å². The number of halogens is 2. The molecule has 0 aliphatic rings. The minimum atomic E-state index is -4.10. The first-order valence-electron chi connectivity index (χ1n) is 7.74. The van der Waals surface area contributed by atoms with Crippen molar-refractivity contribution in [3.05, 3.63) is 29.8 Å². The minimum absolute atomic E-state index is 0.0563. The Bertz CT molecular complexity index is 775. The van der Waals surface area contributed by atoms with Crippen LogP contribution in [0.2, 0.25) is 0 Å². The smallest absolute Gasteiger partial charge is 0.408 e. The number of alkyl carbamates (subject to hydrolysis) is 1. The van der Waals surface area contributed by atoms with Gasteiger partial charge in [-0.2, -0.15) is 8.78 Å². The summed E-state index contributed by atoms with van der Waals surface area (Å²) in [7, 11) is -4.10. The summed E-state index contributed by atoms with van der Waals surface area (Å²) in [6, 6.07) is 3.49. The number of amides is 1. The Balaban J connectivity index is 2.90. The highest BCUT2D eigenvalue weighted by molar-refractivity contribution is 7.90. The van der Waals surface area contributed by atoms with Crippen LogP contribution in [0.1, 0.15) is 26.3 Å². The van der Waals surface area contributed by atoms with E-state index in [1.54, 1.807) is 20.8 Å². The summed E-state index contributed by atoms with van der Waals surface area (Å²) in [6.07, 6.45) is -1.09. The van der Waals surface area contributed by atoms with Gasteiger partial charge in [0.15, 0.2) is 9.84 Å². The van der Waals surface area contributed by atoms with Gasteiger partial charge in [0.1, 0.15) is 17.4 Å². The number of rotatable bonds is 8. The SMILES string of the molecule is CC(C)(C)OC(=O)NC(CS(=O)(=O)Cc1ccccc1OC(F)F)C(=O)O. The first-order valence-corrected chi connectivity index (χ1v) is 9.56. The van der Waals surface area contributed by atoms with Gasteiger partial charge in [-0.3, -0.25) is 0 Å². The summed E-state index contributed by atoms with van der Waals surface area (Å²) >= 11 is 0. The van der Waals surface area contributed by atoms with E-state index in [2.05, 4.69) is 4.74 Å². The lowest BCUT2D eigenvalue weighted by Crippen LogP contribution is -2.47. The molecule has 1 amide bonds. The normalized spacial score (nSPS) is 13.1. The third-order valence-electron chi connectivity index (χ3n) is 2.97. The number of hydrogen-bond acceptors (Lipinski definition) is 6. The molecule has 1 rings (SSSR count). The van der Waals surface area contributed by atoms with Gasteiger partial charge in [0.2, 0.25) is 0 Å². The van der Waals surface area contributed by atoms with Crippen LogP contribution in [0.4, 0.5) is 13.6 Å². The van der Waals surface area contributed by atoms with Crippen molar-refractivity contribution in [1.29, 1.82) is 0 Å². The van der Waals surface area contributed by atoms with Gasteiger partial charge >= 0.3 is 18.7 Å². The third kappa shape index (κ3) is 8.67. The maximum Gasteiger partial charge on any atom is 0.408 e. The highest BCUT2D eigenvalue weighted by atomic mass is 32.2. The van der Waals surface area contributed by atoms with Crippen LogP contribution in [0, 0.1) is 0 Å². The molecule has 152 valence electrons. The maximum absolute atomic E-state index is 12.4. The predicted octanol–water partition coefficient (Wildman–Crippen LogP) is 2.18. The van der Waals surface area contributed by atoms with Crippen LogP contribution in [0.5, 0.6) is 5.75 Å². The average Bonchev–Trinajstić information content (AvgIpc) is 2.45. The number of carbonyl (C=O) groups is 2. The van der Waals surface area contributed by atoms with Gasteiger partial charge in [0.05, 0.1) is 11.5 Å². The summed E-state index contributed by atoms with van der Waals surface area (Å²) in [6.45, 7) is 1.52. The van der Waals surface area contributed by atoms with E-state index in [4.69, 9.17) is 9.84 Å². The van der Waals surface area contributed by atoms with E-state index in [1.165, 1.54) is 24.3 Å². The van der Waals surface area contributed by atoms with Gasteiger partial charge in [0.25, 0.3) is 0 Å². The predicted molar refractivity (Wildman–Crippen MR) is 91.4 cm³/mol. The molecule has 1 aromatic rings. The molecular weight excluding hydrogens is 388 g/mol. The van der Waals surface area contributed by atoms with E-state index in [-0.39, 0.29) is 11.3 Å². The quantitative estimate of drug-likeness (QED) is 0.675. The molecule has 27 heavy (non-hydrogen) atoms. The van der Waals surface area contributed by atoms with Crippen LogP contribution in [0.15, 0.2) is 24.3 Å². The molecule has 1 unspecified atom stereocenters. The lowest BCUT2D eigenvalue weighted by molar-refractivity contribution is -0.138. The first-order chi connectivity index (χ1) is 12.3. The van der Waals surface area contributed by atoms with Crippen LogP contribution in [0.25, 0.3) is 0 Å². The van der Waals surface area contributed by atoms with Crippen LogP contribution in [0.3, 0.4) is 0 Å². The molecule has 0 saturated carbocycles. The fourth-order valence-corrected chi connectivity index (χ4v) is 3.57. The number of sulfone groups is 1. The van der Waals surface area contributed by atoms with Gasteiger partial charge in [-0.15, -0.1) is 0 Å². The molecule has 0 radical (unpaired) electrons. The van der Waals surface area contributed by atoms with Crippen molar-refractivity contribution in [2.24, 2.45) is 0 Å². The van der Waals surface area contributed by atoms with E-state index < -0.39 is 51.7 Å². The largest absolute Gasteiger partial charge is 0.480 e. The number of nitrogens with one attached hydrogen (secondary N) is 1. The minimum Gasteiger partial charge on any atom is -0.480 e. The number of aliphatic carboxylic acids is 1. The van der Waals surface area contributed by atoms with Crippen molar-refractivity contribution >= 4 is 21.9 Å². The van der Waals surface area contributed by atoms with Crippen LogP contribution in [-0.2, 0) is 25.1 Å². The molecule has 0 heterocycles. The Morgan fingerprint density at radius 3 is 2.33 bits per heavy atom. The molecule has 0 fully saturated rings. The van der Waals surface area contributed by atoms with E-state index in [0.29, 0.717) is 0 Å². The van der Waals surface area contributed by atoms with Crippen molar-refractivity contribution in [1.82, 2.24) is 5.32 Å². The second-order valence-corrected chi connectivity index (χ2v) is 8.69. The molecule has 8 nitrogen and oxygen atoms in total. The third-order valence-corrected chi connectivity index (χ3v) is 4.57. The second kappa shape index (κ2) is 8.98. The van der Waals surface area contributed by atoms with Crippen LogP contribution >= 0.6 is 0 Å². The Morgan fingerprint density at radius 1 is 1.22 bits per heavy atom. The average molecular weight is 409 g/mol. The molecular formula is C16H21F2NO7S. The molecule has 0 bridgehead atoms. The highest BCUT2D eigenvalue weighted by Crippen LogP contribution is 2.23. The fraction of sp³-hybridized carbons (Fsp3) is 0.500. The zero-order valence-corrected chi connectivity index (χ0v) is 15.8. The van der Waals surface area contributed by atoms with E-state index in [9.17, 15) is 26.8 Å². The van der Waals surface area contributed by atoms with Gasteiger partial charge in [-0.05, 0) is 26.8 Å². The Labute approximate surface area is 155 Å². The van der Waals surface area contributed by atoms with Crippen LogP contribution in [-0.4, -0.2) is 49.6 Å². The summed E-state index contributed by atoms with van der Waals surface area (Å²) in [5.41, 5.74) is -0.961. The monoisotopic (exact) mass is 409 g/mol. The Kier molecular flexibility index (Phi) is 7.52. The number of hydrogen-bond donors (Lipinski definition) is 2. The molecule has 2 N–H and O–H groups in total. The van der Waals surface area contributed by atoms with E-state index in [0.717, 1.165) is 0 Å². The number of carboxylic acid groups (broad SMARTS) is 1. The van der Waals surface area contributed by atoms with Crippen molar-refractivity contribution in [2.75, 3.05) is 5.75 Å². The lowest BCUT2D eigenvalue weighted by atomic mass is 10.2. The van der Waals surface area contributed by atoms with Crippen molar-refractivity contribution in [2.45, 2.75) is 44.8 Å². The zero-order valence-electron chi connectivity index (χ0n) is 14.9. The zero-order chi connectivity index (χ0) is 20.8. The standard InChI is InChI=1S/C16H21F2NO7S/c1-16(2,3)26-15(22)19-11(13(20)21)9-27(23,24)8-10-6-4-5-7-12(10)25-14(17)18/h4-7,11,14H,8-9H2,1-3H3,(H,19,22)(H,20,21).